The Morgan fingerprint density at radius 1 is 1.05 bits per heavy atom. The maximum absolute atomic E-state index is 11.4. The Balaban J connectivity index is 2.34. The maximum atomic E-state index is 11.4. The number of hydrogen-bond acceptors (Lipinski definition) is 3. The summed E-state index contributed by atoms with van der Waals surface area (Å²) in [5.74, 6) is 0.460. The van der Waals surface area contributed by atoms with Gasteiger partial charge in [-0.05, 0) is 41.5 Å². The molecular weight excluding hydrogens is 308 g/mol. The van der Waals surface area contributed by atoms with Gasteiger partial charge in [0.15, 0.2) is 0 Å². The smallest absolute Gasteiger partial charge is 0.337 e. The standard InChI is InChI=1S/C15H13BrO3/c1-18-12-7-8-13(14(16)9-12)10-3-5-11(6-4-10)15(17)19-2/h3-9H,1-2H3. The molecule has 0 saturated carbocycles. The lowest BCUT2D eigenvalue weighted by atomic mass is 10.0. The van der Waals surface area contributed by atoms with Crippen LogP contribution >= 0.6 is 15.9 Å². The average molecular weight is 321 g/mol. The van der Waals surface area contributed by atoms with Gasteiger partial charge in [0, 0.05) is 4.47 Å². The van der Waals surface area contributed by atoms with Gasteiger partial charge in [-0.15, -0.1) is 0 Å². The fraction of sp³-hybridized carbons (Fsp3) is 0.133. The molecule has 98 valence electrons. The van der Waals surface area contributed by atoms with Crippen molar-refractivity contribution in [2.45, 2.75) is 0 Å². The van der Waals surface area contributed by atoms with Gasteiger partial charge in [-0.25, -0.2) is 4.79 Å². The van der Waals surface area contributed by atoms with Crippen LogP contribution in [-0.4, -0.2) is 20.2 Å². The zero-order valence-electron chi connectivity index (χ0n) is 10.6. The van der Waals surface area contributed by atoms with E-state index < -0.39 is 0 Å². The molecule has 0 amide bonds. The third-order valence-corrected chi connectivity index (χ3v) is 3.45. The molecule has 0 heterocycles. The first-order valence-corrected chi connectivity index (χ1v) is 6.47. The van der Waals surface area contributed by atoms with Crippen molar-refractivity contribution in [1.29, 1.82) is 0 Å². The van der Waals surface area contributed by atoms with Crippen molar-refractivity contribution in [3.63, 3.8) is 0 Å². The Bertz CT molecular complexity index is 591. The van der Waals surface area contributed by atoms with Crippen LogP contribution in [0.4, 0.5) is 0 Å². The number of halogens is 1. The lowest BCUT2D eigenvalue weighted by molar-refractivity contribution is 0.0601. The Morgan fingerprint density at radius 3 is 2.26 bits per heavy atom. The lowest BCUT2D eigenvalue weighted by Gasteiger charge is -2.08. The molecule has 0 aliphatic heterocycles. The minimum Gasteiger partial charge on any atom is -0.497 e. The molecule has 0 atom stereocenters. The molecule has 0 aromatic heterocycles. The summed E-state index contributed by atoms with van der Waals surface area (Å²) in [6, 6.07) is 13.0. The van der Waals surface area contributed by atoms with Crippen LogP contribution in [0.3, 0.4) is 0 Å². The summed E-state index contributed by atoms with van der Waals surface area (Å²) in [5, 5.41) is 0. The molecule has 0 spiro atoms. The largest absolute Gasteiger partial charge is 0.497 e. The average Bonchev–Trinajstić information content (AvgIpc) is 2.46. The highest BCUT2D eigenvalue weighted by Crippen LogP contribution is 2.31. The number of ether oxygens (including phenoxy) is 2. The summed E-state index contributed by atoms with van der Waals surface area (Å²) in [7, 11) is 3.00. The van der Waals surface area contributed by atoms with Crippen molar-refractivity contribution in [2.75, 3.05) is 14.2 Å². The van der Waals surface area contributed by atoms with E-state index in [1.165, 1.54) is 7.11 Å². The number of hydrogen-bond donors (Lipinski definition) is 0. The highest BCUT2D eigenvalue weighted by Gasteiger charge is 2.07. The van der Waals surface area contributed by atoms with E-state index in [1.807, 2.05) is 30.3 Å². The van der Waals surface area contributed by atoms with Crippen LogP contribution in [-0.2, 0) is 4.74 Å². The van der Waals surface area contributed by atoms with Gasteiger partial charge in [0.1, 0.15) is 5.75 Å². The van der Waals surface area contributed by atoms with E-state index in [0.29, 0.717) is 5.56 Å². The molecule has 3 nitrogen and oxygen atoms in total. The summed E-state index contributed by atoms with van der Waals surface area (Å²) in [4.78, 5) is 11.4. The molecule has 2 rings (SSSR count). The van der Waals surface area contributed by atoms with Crippen molar-refractivity contribution < 1.29 is 14.3 Å². The van der Waals surface area contributed by atoms with Crippen molar-refractivity contribution in [3.8, 4) is 16.9 Å². The first kappa shape index (κ1) is 13.6. The van der Waals surface area contributed by atoms with E-state index in [2.05, 4.69) is 20.7 Å². The van der Waals surface area contributed by atoms with E-state index in [1.54, 1.807) is 19.2 Å². The van der Waals surface area contributed by atoms with Gasteiger partial charge in [0.25, 0.3) is 0 Å². The lowest BCUT2D eigenvalue weighted by Crippen LogP contribution is -2.00. The number of benzene rings is 2. The quantitative estimate of drug-likeness (QED) is 0.804. The minimum absolute atomic E-state index is 0.333. The second-order valence-electron chi connectivity index (χ2n) is 3.91. The number of methoxy groups -OCH3 is 2. The van der Waals surface area contributed by atoms with E-state index in [4.69, 9.17) is 4.74 Å². The van der Waals surface area contributed by atoms with Crippen LogP contribution in [0.2, 0.25) is 0 Å². The minimum atomic E-state index is -0.333. The van der Waals surface area contributed by atoms with Gasteiger partial charge in [0.2, 0.25) is 0 Å². The van der Waals surface area contributed by atoms with Crippen molar-refractivity contribution in [3.05, 3.63) is 52.5 Å². The maximum Gasteiger partial charge on any atom is 0.337 e. The van der Waals surface area contributed by atoms with Gasteiger partial charge in [0.05, 0.1) is 19.8 Å². The van der Waals surface area contributed by atoms with Gasteiger partial charge >= 0.3 is 5.97 Å². The van der Waals surface area contributed by atoms with Crippen LogP contribution in [0.1, 0.15) is 10.4 Å². The molecule has 0 aliphatic rings. The predicted molar refractivity (Wildman–Crippen MR) is 77.5 cm³/mol. The van der Waals surface area contributed by atoms with Crippen molar-refractivity contribution >= 4 is 21.9 Å². The number of carbonyl (C=O) groups is 1. The molecule has 0 radical (unpaired) electrons. The predicted octanol–water partition coefficient (Wildman–Crippen LogP) is 3.91. The third kappa shape index (κ3) is 2.96. The highest BCUT2D eigenvalue weighted by molar-refractivity contribution is 9.10. The molecule has 0 N–H and O–H groups in total. The Morgan fingerprint density at radius 2 is 1.74 bits per heavy atom. The first-order valence-electron chi connectivity index (χ1n) is 5.68. The van der Waals surface area contributed by atoms with E-state index in [-0.39, 0.29) is 5.97 Å². The molecule has 19 heavy (non-hydrogen) atoms. The molecule has 0 unspecified atom stereocenters. The summed E-state index contributed by atoms with van der Waals surface area (Å²) in [6.07, 6.45) is 0. The number of rotatable bonds is 3. The van der Waals surface area contributed by atoms with Gasteiger partial charge < -0.3 is 9.47 Å². The summed E-state index contributed by atoms with van der Waals surface area (Å²) in [6.45, 7) is 0. The number of esters is 1. The molecule has 2 aromatic carbocycles. The zero-order valence-corrected chi connectivity index (χ0v) is 12.2. The van der Waals surface area contributed by atoms with E-state index in [9.17, 15) is 4.79 Å². The second kappa shape index (κ2) is 5.89. The van der Waals surface area contributed by atoms with Crippen LogP contribution in [0.15, 0.2) is 46.9 Å². The fourth-order valence-corrected chi connectivity index (χ4v) is 2.35. The van der Waals surface area contributed by atoms with Crippen molar-refractivity contribution in [2.24, 2.45) is 0 Å². The summed E-state index contributed by atoms with van der Waals surface area (Å²) < 4.78 is 10.8. The topological polar surface area (TPSA) is 35.5 Å². The first-order chi connectivity index (χ1) is 9.15. The van der Waals surface area contributed by atoms with E-state index >= 15 is 0 Å². The molecule has 2 aromatic rings. The molecule has 0 aliphatic carbocycles. The molecular formula is C15H13BrO3. The molecule has 0 bridgehead atoms. The van der Waals surface area contributed by atoms with Crippen molar-refractivity contribution in [1.82, 2.24) is 0 Å². The fourth-order valence-electron chi connectivity index (χ4n) is 1.76. The normalized spacial score (nSPS) is 10.1. The van der Waals surface area contributed by atoms with Crippen LogP contribution < -0.4 is 4.74 Å². The second-order valence-corrected chi connectivity index (χ2v) is 4.77. The van der Waals surface area contributed by atoms with Crippen LogP contribution in [0.5, 0.6) is 5.75 Å². The molecule has 0 saturated heterocycles. The van der Waals surface area contributed by atoms with Gasteiger partial charge in [-0.3, -0.25) is 0 Å². The monoisotopic (exact) mass is 320 g/mol. The van der Waals surface area contributed by atoms with Gasteiger partial charge in [-0.2, -0.15) is 0 Å². The third-order valence-electron chi connectivity index (χ3n) is 2.79. The molecule has 4 heteroatoms. The Kier molecular flexibility index (Phi) is 4.22. The van der Waals surface area contributed by atoms with E-state index in [0.717, 1.165) is 21.3 Å². The SMILES string of the molecule is COC(=O)c1ccc(-c2ccc(OC)cc2Br)cc1. The Labute approximate surface area is 120 Å². The zero-order chi connectivity index (χ0) is 13.8. The Hall–Kier alpha value is -1.81. The number of carbonyl (C=O) groups excluding carboxylic acids is 1. The summed E-state index contributed by atoms with van der Waals surface area (Å²) >= 11 is 3.51. The highest BCUT2D eigenvalue weighted by atomic mass is 79.9. The van der Waals surface area contributed by atoms with Crippen LogP contribution in [0, 0.1) is 0 Å². The summed E-state index contributed by atoms with van der Waals surface area (Å²) in [5.41, 5.74) is 2.59. The molecule has 0 fully saturated rings. The van der Waals surface area contributed by atoms with Gasteiger partial charge in [-0.1, -0.05) is 28.1 Å². The van der Waals surface area contributed by atoms with Crippen LogP contribution in [0.25, 0.3) is 11.1 Å².